The number of hydroxylamine groups is 1. The molecule has 0 spiro atoms. The molecule has 33 heavy (non-hydrogen) atoms. The summed E-state index contributed by atoms with van der Waals surface area (Å²) in [4.78, 5) is 22.7. The lowest BCUT2D eigenvalue weighted by molar-refractivity contribution is -0.138. The molecule has 2 saturated heterocycles. The largest absolute Gasteiger partial charge is 0.342 e. The Balaban J connectivity index is 1.62. The molecule has 2 heterocycles. The van der Waals surface area contributed by atoms with E-state index in [2.05, 4.69) is 12.1 Å². The van der Waals surface area contributed by atoms with Gasteiger partial charge >= 0.3 is 0 Å². The molecule has 0 N–H and O–H groups in total. The fourth-order valence-electron chi connectivity index (χ4n) is 4.88. The number of anilines is 1. The van der Waals surface area contributed by atoms with Crippen LogP contribution in [0.25, 0.3) is 0 Å². The van der Waals surface area contributed by atoms with E-state index in [1.165, 1.54) is 6.42 Å². The number of hydrogen-bond acceptors (Lipinski definition) is 3. The van der Waals surface area contributed by atoms with Crippen molar-refractivity contribution >= 4 is 34.8 Å². The van der Waals surface area contributed by atoms with Gasteiger partial charge in [0.15, 0.2) is 0 Å². The summed E-state index contributed by atoms with van der Waals surface area (Å²) in [7, 11) is 0. The maximum Gasteiger partial charge on any atom is 0.231 e. The number of halogens is 2. The van der Waals surface area contributed by atoms with Crippen molar-refractivity contribution in [3.8, 4) is 0 Å². The van der Waals surface area contributed by atoms with Crippen molar-refractivity contribution in [3.05, 3.63) is 100 Å². The number of carbonyl (C=O) groups excluding carboxylic acids is 1. The van der Waals surface area contributed by atoms with Crippen LogP contribution in [0.4, 0.5) is 5.69 Å². The summed E-state index contributed by atoms with van der Waals surface area (Å²) in [5.74, 6) is -0.262. The first kappa shape index (κ1) is 22.3. The Hall–Kier alpha value is -2.53. The molecule has 170 valence electrons. The van der Waals surface area contributed by atoms with E-state index in [9.17, 15) is 4.79 Å². The van der Waals surface area contributed by atoms with E-state index in [0.717, 1.165) is 42.7 Å². The van der Waals surface area contributed by atoms with Crippen molar-refractivity contribution in [1.29, 1.82) is 0 Å². The third kappa shape index (κ3) is 4.61. The van der Waals surface area contributed by atoms with E-state index >= 15 is 0 Å². The second-order valence-electron chi connectivity index (χ2n) is 8.65. The van der Waals surface area contributed by atoms with Gasteiger partial charge in [-0.1, -0.05) is 65.7 Å². The van der Waals surface area contributed by atoms with E-state index in [4.69, 9.17) is 28.0 Å². The summed E-state index contributed by atoms with van der Waals surface area (Å²) in [6.07, 6.45) is 2.83. The molecule has 0 bridgehead atoms. The standard InChI is InChI=1S/C27H26Cl2N2O2/c28-21-11-9-20(10-12-21)26-24(27(32)30-17-5-2-6-18-30)25(19-7-3-1-4-8-19)31(33-26)23-15-13-22(29)14-16-23/h1,3-4,7-16,24-26H,2,5-6,17-18H2/t24-,25+,26+/m1/s1. The normalized spacial score (nSPS) is 23.0. The molecule has 2 aliphatic rings. The molecule has 0 saturated carbocycles. The fourth-order valence-corrected chi connectivity index (χ4v) is 5.13. The van der Waals surface area contributed by atoms with Crippen LogP contribution in [0.3, 0.4) is 0 Å². The predicted octanol–water partition coefficient (Wildman–Crippen LogP) is 6.86. The fraction of sp³-hybridized carbons (Fsp3) is 0.296. The Kier molecular flexibility index (Phi) is 6.59. The van der Waals surface area contributed by atoms with Gasteiger partial charge in [0.05, 0.1) is 17.6 Å². The molecule has 2 aliphatic heterocycles. The highest BCUT2D eigenvalue weighted by Gasteiger charge is 2.50. The monoisotopic (exact) mass is 480 g/mol. The summed E-state index contributed by atoms with van der Waals surface area (Å²) in [5.41, 5.74) is 2.84. The van der Waals surface area contributed by atoms with Gasteiger partial charge in [0.2, 0.25) is 5.91 Å². The van der Waals surface area contributed by atoms with E-state index in [0.29, 0.717) is 10.0 Å². The highest BCUT2D eigenvalue weighted by Crippen LogP contribution is 2.50. The van der Waals surface area contributed by atoms with Gasteiger partial charge in [-0.25, -0.2) is 5.06 Å². The Bertz CT molecular complexity index is 1080. The maximum absolute atomic E-state index is 14.0. The molecule has 0 unspecified atom stereocenters. The van der Waals surface area contributed by atoms with Gasteiger partial charge in [-0.05, 0) is 66.8 Å². The van der Waals surface area contributed by atoms with Gasteiger partial charge < -0.3 is 4.90 Å². The molecule has 0 aliphatic carbocycles. The molecular formula is C27H26Cl2N2O2. The summed E-state index contributed by atoms with van der Waals surface area (Å²) in [5, 5.41) is 3.20. The number of amides is 1. The van der Waals surface area contributed by atoms with Crippen LogP contribution in [0, 0.1) is 5.92 Å². The minimum absolute atomic E-state index is 0.139. The van der Waals surface area contributed by atoms with Gasteiger partial charge in [0.1, 0.15) is 6.10 Å². The number of carbonyl (C=O) groups is 1. The van der Waals surface area contributed by atoms with Crippen LogP contribution < -0.4 is 5.06 Å². The average Bonchev–Trinajstić information content (AvgIpc) is 3.26. The second-order valence-corrected chi connectivity index (χ2v) is 9.52. The van der Waals surface area contributed by atoms with Crippen LogP contribution >= 0.6 is 23.2 Å². The summed E-state index contributed by atoms with van der Waals surface area (Å²) < 4.78 is 0. The third-order valence-electron chi connectivity index (χ3n) is 6.52. The van der Waals surface area contributed by atoms with Gasteiger partial charge in [0.25, 0.3) is 0 Å². The van der Waals surface area contributed by atoms with Crippen molar-refractivity contribution in [1.82, 2.24) is 4.90 Å². The van der Waals surface area contributed by atoms with Crippen LogP contribution in [0.1, 0.15) is 42.5 Å². The number of benzene rings is 3. The molecule has 3 aromatic carbocycles. The molecule has 4 nitrogen and oxygen atoms in total. The first-order chi connectivity index (χ1) is 16.1. The lowest BCUT2D eigenvalue weighted by Crippen LogP contribution is -2.42. The van der Waals surface area contributed by atoms with Crippen LogP contribution in [0.2, 0.25) is 10.0 Å². The first-order valence-electron chi connectivity index (χ1n) is 11.4. The van der Waals surface area contributed by atoms with Crippen molar-refractivity contribution < 1.29 is 9.63 Å². The Morgan fingerprint density at radius 1 is 0.758 bits per heavy atom. The van der Waals surface area contributed by atoms with E-state index in [1.807, 2.05) is 76.7 Å². The molecule has 0 aromatic heterocycles. The lowest BCUT2D eigenvalue weighted by Gasteiger charge is -2.33. The van der Waals surface area contributed by atoms with Crippen LogP contribution in [0.15, 0.2) is 78.9 Å². The summed E-state index contributed by atoms with van der Waals surface area (Å²) in [6.45, 7) is 1.59. The van der Waals surface area contributed by atoms with Gasteiger partial charge in [-0.2, -0.15) is 0 Å². The van der Waals surface area contributed by atoms with Gasteiger partial charge in [0, 0.05) is 23.1 Å². The smallest absolute Gasteiger partial charge is 0.231 e. The lowest BCUT2D eigenvalue weighted by atomic mass is 9.84. The Morgan fingerprint density at radius 3 is 2.00 bits per heavy atom. The quantitative estimate of drug-likeness (QED) is 0.408. The number of hydrogen-bond donors (Lipinski definition) is 0. The highest BCUT2D eigenvalue weighted by atomic mass is 35.5. The summed E-state index contributed by atoms with van der Waals surface area (Å²) in [6, 6.07) is 25.0. The molecule has 0 radical (unpaired) electrons. The SMILES string of the molecule is O=C([C@H]1[C@H](c2ccc(Cl)cc2)ON(c2ccc(Cl)cc2)[C@H]1c1ccccc1)N1CCCCC1. The zero-order valence-corrected chi connectivity index (χ0v) is 19.8. The number of nitrogens with zero attached hydrogens (tertiary/aromatic N) is 2. The zero-order chi connectivity index (χ0) is 22.8. The van der Waals surface area contributed by atoms with Crippen LogP contribution in [-0.4, -0.2) is 23.9 Å². The van der Waals surface area contributed by atoms with Crippen molar-refractivity contribution in [2.75, 3.05) is 18.2 Å². The predicted molar refractivity (Wildman–Crippen MR) is 132 cm³/mol. The van der Waals surface area contributed by atoms with Gasteiger partial charge in [-0.3, -0.25) is 9.63 Å². The molecule has 5 rings (SSSR count). The molecule has 1 amide bonds. The second kappa shape index (κ2) is 9.76. The molecule has 2 fully saturated rings. The van der Waals surface area contributed by atoms with E-state index < -0.39 is 12.0 Å². The van der Waals surface area contributed by atoms with Crippen molar-refractivity contribution in [3.63, 3.8) is 0 Å². The Labute approximate surface area is 204 Å². The summed E-state index contributed by atoms with van der Waals surface area (Å²) >= 11 is 12.3. The average molecular weight is 481 g/mol. The topological polar surface area (TPSA) is 32.8 Å². The number of likely N-dealkylation sites (tertiary alicyclic amines) is 1. The van der Waals surface area contributed by atoms with Gasteiger partial charge in [-0.15, -0.1) is 0 Å². The number of rotatable bonds is 4. The zero-order valence-electron chi connectivity index (χ0n) is 18.2. The third-order valence-corrected chi connectivity index (χ3v) is 7.02. The minimum atomic E-state index is -0.433. The molecular weight excluding hydrogens is 455 g/mol. The highest BCUT2D eigenvalue weighted by molar-refractivity contribution is 6.30. The Morgan fingerprint density at radius 2 is 1.36 bits per heavy atom. The van der Waals surface area contributed by atoms with E-state index in [-0.39, 0.29) is 11.9 Å². The first-order valence-corrected chi connectivity index (χ1v) is 12.2. The van der Waals surface area contributed by atoms with Crippen LogP contribution in [-0.2, 0) is 9.63 Å². The van der Waals surface area contributed by atoms with Crippen LogP contribution in [0.5, 0.6) is 0 Å². The molecule has 6 heteroatoms. The molecule has 3 atom stereocenters. The molecule has 3 aromatic rings. The minimum Gasteiger partial charge on any atom is -0.342 e. The van der Waals surface area contributed by atoms with Crippen molar-refractivity contribution in [2.45, 2.75) is 31.4 Å². The number of piperidine rings is 1. The van der Waals surface area contributed by atoms with E-state index in [1.54, 1.807) is 0 Å². The van der Waals surface area contributed by atoms with Crippen molar-refractivity contribution in [2.24, 2.45) is 5.92 Å². The maximum atomic E-state index is 14.0.